The van der Waals surface area contributed by atoms with E-state index in [1.54, 1.807) is 17.0 Å². The summed E-state index contributed by atoms with van der Waals surface area (Å²) in [6.45, 7) is 4.87. The highest BCUT2D eigenvalue weighted by Crippen LogP contribution is 2.24. The van der Waals surface area contributed by atoms with Crippen molar-refractivity contribution >= 4 is 35.0 Å². The lowest BCUT2D eigenvalue weighted by molar-refractivity contribution is -0.141. The van der Waals surface area contributed by atoms with E-state index in [0.29, 0.717) is 35.9 Å². The molecule has 0 saturated heterocycles. The number of unbranched alkanes of at least 4 members (excludes halogenated alkanes) is 1. The van der Waals surface area contributed by atoms with E-state index in [1.807, 2.05) is 43.3 Å². The average Bonchev–Trinajstić information content (AvgIpc) is 2.74. The molecule has 0 spiro atoms. The van der Waals surface area contributed by atoms with Gasteiger partial charge in [-0.15, -0.1) is 0 Å². The lowest BCUT2D eigenvalue weighted by Gasteiger charge is -2.31. The maximum Gasteiger partial charge on any atom is 0.242 e. The number of hydrogen-bond donors (Lipinski definition) is 1. The first-order chi connectivity index (χ1) is 14.5. The van der Waals surface area contributed by atoms with Gasteiger partial charge in [-0.3, -0.25) is 9.59 Å². The van der Waals surface area contributed by atoms with Gasteiger partial charge in [0.25, 0.3) is 0 Å². The fourth-order valence-electron chi connectivity index (χ4n) is 3.30. The largest absolute Gasteiger partial charge is 0.354 e. The smallest absolute Gasteiger partial charge is 0.242 e. The number of hydrogen-bond acceptors (Lipinski definition) is 2. The SMILES string of the molecule is CCCCNC(=O)[C@@H](CC)N(Cc1ccc(Cl)cc1Cl)C(=O)CCc1ccccc1. The van der Waals surface area contributed by atoms with Crippen molar-refractivity contribution < 1.29 is 9.59 Å². The average molecular weight is 449 g/mol. The maximum atomic E-state index is 13.2. The molecular weight excluding hydrogens is 419 g/mol. The minimum absolute atomic E-state index is 0.0673. The third-order valence-corrected chi connectivity index (χ3v) is 5.63. The normalized spacial score (nSPS) is 11.7. The van der Waals surface area contributed by atoms with Gasteiger partial charge in [-0.05, 0) is 42.5 Å². The number of nitrogens with one attached hydrogen (secondary N) is 1. The van der Waals surface area contributed by atoms with E-state index in [4.69, 9.17) is 23.2 Å². The molecule has 1 atom stereocenters. The highest BCUT2D eigenvalue weighted by Gasteiger charge is 2.28. The van der Waals surface area contributed by atoms with Crippen LogP contribution >= 0.6 is 23.2 Å². The molecule has 0 aliphatic rings. The molecule has 1 N–H and O–H groups in total. The Morgan fingerprint density at radius 2 is 1.80 bits per heavy atom. The summed E-state index contributed by atoms with van der Waals surface area (Å²) in [5.41, 5.74) is 1.87. The van der Waals surface area contributed by atoms with Gasteiger partial charge in [-0.1, -0.05) is 79.9 Å². The fourth-order valence-corrected chi connectivity index (χ4v) is 3.77. The van der Waals surface area contributed by atoms with E-state index in [1.165, 1.54) is 0 Å². The quantitative estimate of drug-likeness (QED) is 0.451. The first-order valence-corrected chi connectivity index (χ1v) is 11.3. The molecule has 2 amide bonds. The van der Waals surface area contributed by atoms with Crippen LogP contribution in [0, 0.1) is 0 Å². The number of carbonyl (C=O) groups is 2. The zero-order valence-corrected chi connectivity index (χ0v) is 19.2. The van der Waals surface area contributed by atoms with Crippen LogP contribution < -0.4 is 5.32 Å². The minimum atomic E-state index is -0.545. The molecule has 0 bridgehead atoms. The molecule has 0 radical (unpaired) electrons. The number of halogens is 2. The summed E-state index contributed by atoms with van der Waals surface area (Å²) in [6, 6.07) is 14.5. The van der Waals surface area contributed by atoms with E-state index in [2.05, 4.69) is 12.2 Å². The molecule has 2 aromatic rings. The molecule has 0 aliphatic carbocycles. The van der Waals surface area contributed by atoms with Crippen LogP contribution in [0.15, 0.2) is 48.5 Å². The van der Waals surface area contributed by atoms with Crippen LogP contribution in [-0.2, 0) is 22.6 Å². The lowest BCUT2D eigenvalue weighted by atomic mass is 10.1. The lowest BCUT2D eigenvalue weighted by Crippen LogP contribution is -2.49. The predicted molar refractivity (Wildman–Crippen MR) is 124 cm³/mol. The minimum Gasteiger partial charge on any atom is -0.354 e. The molecule has 4 nitrogen and oxygen atoms in total. The molecule has 162 valence electrons. The van der Waals surface area contributed by atoms with Crippen LogP contribution in [0.1, 0.15) is 50.7 Å². The van der Waals surface area contributed by atoms with Crippen molar-refractivity contribution in [3.8, 4) is 0 Å². The monoisotopic (exact) mass is 448 g/mol. The molecule has 0 aliphatic heterocycles. The van der Waals surface area contributed by atoms with Crippen molar-refractivity contribution in [2.45, 2.75) is 58.5 Å². The molecule has 30 heavy (non-hydrogen) atoms. The second-order valence-electron chi connectivity index (χ2n) is 7.31. The summed E-state index contributed by atoms with van der Waals surface area (Å²) in [6.07, 6.45) is 3.39. The van der Waals surface area contributed by atoms with Gasteiger partial charge in [0, 0.05) is 29.6 Å². The van der Waals surface area contributed by atoms with Gasteiger partial charge < -0.3 is 10.2 Å². The molecule has 6 heteroatoms. The van der Waals surface area contributed by atoms with Crippen molar-refractivity contribution in [2.75, 3.05) is 6.54 Å². The highest BCUT2D eigenvalue weighted by molar-refractivity contribution is 6.35. The van der Waals surface area contributed by atoms with Gasteiger partial charge >= 0.3 is 0 Å². The van der Waals surface area contributed by atoms with Gasteiger partial charge in [0.2, 0.25) is 11.8 Å². The van der Waals surface area contributed by atoms with Crippen LogP contribution in [-0.4, -0.2) is 29.3 Å². The zero-order valence-electron chi connectivity index (χ0n) is 17.7. The third-order valence-electron chi connectivity index (χ3n) is 5.04. The van der Waals surface area contributed by atoms with E-state index >= 15 is 0 Å². The van der Waals surface area contributed by atoms with Gasteiger partial charge in [-0.25, -0.2) is 0 Å². The topological polar surface area (TPSA) is 49.4 Å². The Bertz CT molecular complexity index is 827. The van der Waals surface area contributed by atoms with Gasteiger partial charge in [0.1, 0.15) is 6.04 Å². The molecule has 0 heterocycles. The van der Waals surface area contributed by atoms with Crippen LogP contribution in [0.3, 0.4) is 0 Å². The van der Waals surface area contributed by atoms with Crippen LogP contribution in [0.5, 0.6) is 0 Å². The first kappa shape index (κ1) is 24.2. The third kappa shape index (κ3) is 7.33. The van der Waals surface area contributed by atoms with E-state index in [9.17, 15) is 9.59 Å². The molecular formula is C24H30Cl2N2O2. The van der Waals surface area contributed by atoms with Crippen molar-refractivity contribution in [1.29, 1.82) is 0 Å². The molecule has 0 aromatic heterocycles. The number of nitrogens with zero attached hydrogens (tertiary/aromatic N) is 1. The standard InChI is InChI=1S/C24H30Cl2N2O2/c1-3-5-15-27-24(30)22(4-2)28(17-19-12-13-20(25)16-21(19)26)23(29)14-11-18-9-7-6-8-10-18/h6-10,12-13,16,22H,3-5,11,14-15,17H2,1-2H3,(H,27,30)/t22-/m1/s1. The second-order valence-corrected chi connectivity index (χ2v) is 8.16. The van der Waals surface area contributed by atoms with Crippen molar-refractivity contribution in [3.05, 3.63) is 69.7 Å². The summed E-state index contributed by atoms with van der Waals surface area (Å²) < 4.78 is 0. The van der Waals surface area contributed by atoms with Crippen molar-refractivity contribution in [1.82, 2.24) is 10.2 Å². The molecule has 0 fully saturated rings. The summed E-state index contributed by atoms with van der Waals surface area (Å²) in [4.78, 5) is 27.7. The Kier molecular flexibility index (Phi) is 10.2. The number of benzene rings is 2. The summed E-state index contributed by atoms with van der Waals surface area (Å²) in [5, 5.41) is 3.99. The Balaban J connectivity index is 2.20. The number of carbonyl (C=O) groups excluding carboxylic acids is 2. The second kappa shape index (κ2) is 12.6. The number of rotatable bonds is 11. The predicted octanol–water partition coefficient (Wildman–Crippen LogP) is 5.65. The molecule has 2 aromatic carbocycles. The van der Waals surface area contributed by atoms with Gasteiger partial charge in [0.15, 0.2) is 0 Å². The molecule has 2 rings (SSSR count). The van der Waals surface area contributed by atoms with Gasteiger partial charge in [-0.2, -0.15) is 0 Å². The Hall–Kier alpha value is -2.04. The number of amides is 2. The summed E-state index contributed by atoms with van der Waals surface area (Å²) in [5.74, 6) is -0.188. The van der Waals surface area contributed by atoms with Crippen LogP contribution in [0.25, 0.3) is 0 Å². The number of aryl methyl sites for hydroxylation is 1. The maximum absolute atomic E-state index is 13.2. The fraction of sp³-hybridized carbons (Fsp3) is 0.417. The van der Waals surface area contributed by atoms with Crippen molar-refractivity contribution in [2.24, 2.45) is 0 Å². The van der Waals surface area contributed by atoms with E-state index in [0.717, 1.165) is 24.0 Å². The molecule has 0 unspecified atom stereocenters. The van der Waals surface area contributed by atoms with E-state index in [-0.39, 0.29) is 18.4 Å². The Labute approximate surface area is 189 Å². The zero-order chi connectivity index (χ0) is 21.9. The Morgan fingerprint density at radius 1 is 1.07 bits per heavy atom. The van der Waals surface area contributed by atoms with Crippen LogP contribution in [0.2, 0.25) is 10.0 Å². The Morgan fingerprint density at radius 3 is 2.43 bits per heavy atom. The summed E-state index contributed by atoms with van der Waals surface area (Å²) >= 11 is 12.4. The first-order valence-electron chi connectivity index (χ1n) is 10.5. The van der Waals surface area contributed by atoms with E-state index < -0.39 is 6.04 Å². The van der Waals surface area contributed by atoms with Crippen LogP contribution in [0.4, 0.5) is 0 Å². The van der Waals surface area contributed by atoms with Gasteiger partial charge in [0.05, 0.1) is 0 Å². The highest BCUT2D eigenvalue weighted by atomic mass is 35.5. The summed E-state index contributed by atoms with van der Waals surface area (Å²) in [7, 11) is 0. The van der Waals surface area contributed by atoms with Crippen molar-refractivity contribution in [3.63, 3.8) is 0 Å². The molecule has 0 saturated carbocycles.